The van der Waals surface area contributed by atoms with Crippen molar-refractivity contribution in [3.63, 3.8) is 0 Å². The number of hydrogen-bond donors (Lipinski definition) is 0. The molecule has 3 aromatic carbocycles. The van der Waals surface area contributed by atoms with Crippen molar-refractivity contribution in [2.45, 2.75) is 6.92 Å². The van der Waals surface area contributed by atoms with Gasteiger partial charge in [0.25, 0.3) is 0 Å². The van der Waals surface area contributed by atoms with Gasteiger partial charge in [-0.1, -0.05) is 59.1 Å². The highest BCUT2D eigenvalue weighted by molar-refractivity contribution is 6.43. The SMILES string of the molecule is Cc1ccc(-c2ccc(Cl)cc2)c2cc(Cl)c(Cl)cc12. The third-order valence-electron chi connectivity index (χ3n) is 3.43. The van der Waals surface area contributed by atoms with Crippen LogP contribution in [0.5, 0.6) is 0 Å². The minimum Gasteiger partial charge on any atom is -0.0843 e. The van der Waals surface area contributed by atoms with Gasteiger partial charge in [0.15, 0.2) is 0 Å². The molecule has 3 heteroatoms. The van der Waals surface area contributed by atoms with Gasteiger partial charge in [-0.25, -0.2) is 0 Å². The molecule has 0 aromatic heterocycles. The first-order valence-electron chi connectivity index (χ1n) is 6.20. The van der Waals surface area contributed by atoms with Crippen LogP contribution in [0.4, 0.5) is 0 Å². The van der Waals surface area contributed by atoms with Crippen LogP contribution < -0.4 is 0 Å². The summed E-state index contributed by atoms with van der Waals surface area (Å²) in [6.07, 6.45) is 0. The Kier molecular flexibility index (Phi) is 3.64. The van der Waals surface area contributed by atoms with Crippen LogP contribution in [-0.4, -0.2) is 0 Å². The lowest BCUT2D eigenvalue weighted by atomic mass is 9.95. The summed E-state index contributed by atoms with van der Waals surface area (Å²) in [6.45, 7) is 2.07. The normalized spacial score (nSPS) is 11.0. The van der Waals surface area contributed by atoms with Gasteiger partial charge in [0.05, 0.1) is 10.0 Å². The molecule has 0 spiro atoms. The van der Waals surface area contributed by atoms with E-state index < -0.39 is 0 Å². The van der Waals surface area contributed by atoms with Crippen molar-refractivity contribution in [3.8, 4) is 11.1 Å². The fraction of sp³-hybridized carbons (Fsp3) is 0.0588. The Balaban J connectivity index is 2.34. The van der Waals surface area contributed by atoms with Gasteiger partial charge in [0, 0.05) is 5.02 Å². The molecule has 0 saturated carbocycles. The smallest absolute Gasteiger partial charge is 0.0598 e. The third kappa shape index (κ3) is 2.40. The topological polar surface area (TPSA) is 0 Å². The first kappa shape index (κ1) is 13.8. The Labute approximate surface area is 132 Å². The summed E-state index contributed by atoms with van der Waals surface area (Å²) < 4.78 is 0. The van der Waals surface area contributed by atoms with Crippen molar-refractivity contribution in [2.24, 2.45) is 0 Å². The minimum atomic E-state index is 0.569. The number of aryl methyl sites for hydroxylation is 1. The van der Waals surface area contributed by atoms with E-state index in [2.05, 4.69) is 19.1 Å². The van der Waals surface area contributed by atoms with E-state index in [9.17, 15) is 0 Å². The average molecular weight is 322 g/mol. The maximum atomic E-state index is 6.17. The first-order chi connectivity index (χ1) is 9.56. The quantitative estimate of drug-likeness (QED) is 0.463. The van der Waals surface area contributed by atoms with Gasteiger partial charge in [-0.2, -0.15) is 0 Å². The van der Waals surface area contributed by atoms with E-state index >= 15 is 0 Å². The second-order valence-corrected chi connectivity index (χ2v) is 6.00. The van der Waals surface area contributed by atoms with Crippen LogP contribution >= 0.6 is 34.8 Å². The zero-order valence-corrected chi connectivity index (χ0v) is 13.0. The van der Waals surface area contributed by atoms with E-state index in [4.69, 9.17) is 34.8 Å². The summed E-state index contributed by atoms with van der Waals surface area (Å²) in [6, 6.07) is 15.8. The zero-order valence-electron chi connectivity index (χ0n) is 10.8. The minimum absolute atomic E-state index is 0.569. The molecule has 100 valence electrons. The Hall–Kier alpha value is -1.21. The lowest BCUT2D eigenvalue weighted by molar-refractivity contribution is 1.52. The van der Waals surface area contributed by atoms with Crippen LogP contribution in [0, 0.1) is 6.92 Å². The molecule has 0 saturated heterocycles. The molecule has 0 heterocycles. The molecule has 0 aliphatic heterocycles. The summed E-state index contributed by atoms with van der Waals surface area (Å²) in [4.78, 5) is 0. The van der Waals surface area contributed by atoms with Crippen LogP contribution in [0.15, 0.2) is 48.5 Å². The van der Waals surface area contributed by atoms with E-state index in [1.807, 2.05) is 36.4 Å². The largest absolute Gasteiger partial charge is 0.0843 e. The van der Waals surface area contributed by atoms with E-state index in [0.29, 0.717) is 10.0 Å². The van der Waals surface area contributed by atoms with Crippen molar-refractivity contribution in [2.75, 3.05) is 0 Å². The molecule has 0 aliphatic rings. The molecule has 0 unspecified atom stereocenters. The van der Waals surface area contributed by atoms with Crippen LogP contribution in [0.25, 0.3) is 21.9 Å². The maximum Gasteiger partial charge on any atom is 0.0598 e. The molecule has 0 bridgehead atoms. The molecular formula is C17H11Cl3. The lowest BCUT2D eigenvalue weighted by Crippen LogP contribution is -1.85. The second-order valence-electron chi connectivity index (χ2n) is 4.75. The summed E-state index contributed by atoms with van der Waals surface area (Å²) >= 11 is 18.3. The summed E-state index contributed by atoms with van der Waals surface area (Å²) in [5.41, 5.74) is 3.41. The van der Waals surface area contributed by atoms with Gasteiger partial charge in [0.2, 0.25) is 0 Å². The molecule has 0 N–H and O–H groups in total. The van der Waals surface area contributed by atoms with Crippen LogP contribution in [0.2, 0.25) is 15.1 Å². The third-order valence-corrected chi connectivity index (χ3v) is 4.40. The Bertz CT molecular complexity index is 789. The molecule has 0 amide bonds. The maximum absolute atomic E-state index is 6.17. The van der Waals surface area contributed by atoms with Crippen LogP contribution in [0.1, 0.15) is 5.56 Å². The molecule has 0 atom stereocenters. The molecule has 0 aliphatic carbocycles. The van der Waals surface area contributed by atoms with Gasteiger partial charge in [-0.15, -0.1) is 0 Å². The highest BCUT2D eigenvalue weighted by atomic mass is 35.5. The predicted octanol–water partition coefficient (Wildman–Crippen LogP) is 6.78. The van der Waals surface area contributed by atoms with Gasteiger partial charge < -0.3 is 0 Å². The highest BCUT2D eigenvalue weighted by Gasteiger charge is 2.09. The number of fused-ring (bicyclic) bond motifs is 1. The first-order valence-corrected chi connectivity index (χ1v) is 7.34. The molecule has 3 rings (SSSR count). The van der Waals surface area contributed by atoms with E-state index in [0.717, 1.165) is 26.9 Å². The van der Waals surface area contributed by atoms with Crippen LogP contribution in [-0.2, 0) is 0 Å². The van der Waals surface area contributed by atoms with E-state index in [1.54, 1.807) is 0 Å². The number of rotatable bonds is 1. The molecule has 0 nitrogen and oxygen atoms in total. The molecule has 0 fully saturated rings. The van der Waals surface area contributed by atoms with E-state index in [1.165, 1.54) is 5.56 Å². The fourth-order valence-corrected chi connectivity index (χ4v) is 2.82. The summed E-state index contributed by atoms with van der Waals surface area (Å²) in [5.74, 6) is 0. The van der Waals surface area contributed by atoms with Crippen molar-refractivity contribution >= 4 is 45.6 Å². The standard InChI is InChI=1S/C17H11Cl3/c1-10-2-7-13(11-3-5-12(18)6-4-11)15-9-17(20)16(19)8-14(10)15/h2-9H,1H3. The van der Waals surface area contributed by atoms with Gasteiger partial charge in [0.1, 0.15) is 0 Å². The van der Waals surface area contributed by atoms with Crippen molar-refractivity contribution in [1.82, 2.24) is 0 Å². The summed E-state index contributed by atoms with van der Waals surface area (Å²) in [5, 5.41) is 4.09. The van der Waals surface area contributed by atoms with Crippen molar-refractivity contribution in [3.05, 3.63) is 69.2 Å². The number of hydrogen-bond acceptors (Lipinski definition) is 0. The Morgan fingerprint density at radius 1 is 0.700 bits per heavy atom. The second kappa shape index (κ2) is 5.29. The summed E-state index contributed by atoms with van der Waals surface area (Å²) in [7, 11) is 0. The van der Waals surface area contributed by atoms with Crippen molar-refractivity contribution in [1.29, 1.82) is 0 Å². The fourth-order valence-electron chi connectivity index (χ4n) is 2.36. The Morgan fingerprint density at radius 2 is 1.30 bits per heavy atom. The van der Waals surface area contributed by atoms with Gasteiger partial charge >= 0.3 is 0 Å². The molecule has 20 heavy (non-hydrogen) atoms. The highest BCUT2D eigenvalue weighted by Crippen LogP contribution is 2.36. The molecule has 0 radical (unpaired) electrons. The average Bonchev–Trinajstić information content (AvgIpc) is 2.43. The zero-order chi connectivity index (χ0) is 14.3. The lowest BCUT2D eigenvalue weighted by Gasteiger charge is -2.11. The predicted molar refractivity (Wildman–Crippen MR) is 89.2 cm³/mol. The monoisotopic (exact) mass is 320 g/mol. The Morgan fingerprint density at radius 3 is 1.95 bits per heavy atom. The van der Waals surface area contributed by atoms with Crippen LogP contribution in [0.3, 0.4) is 0 Å². The molecular weight excluding hydrogens is 311 g/mol. The van der Waals surface area contributed by atoms with Gasteiger partial charge in [-0.3, -0.25) is 0 Å². The van der Waals surface area contributed by atoms with Crippen molar-refractivity contribution < 1.29 is 0 Å². The number of halogens is 3. The number of benzene rings is 3. The van der Waals surface area contributed by atoms with E-state index in [-0.39, 0.29) is 0 Å². The van der Waals surface area contributed by atoms with Gasteiger partial charge in [-0.05, 0) is 58.7 Å². The molecule has 3 aromatic rings.